The van der Waals surface area contributed by atoms with Crippen LogP contribution in [0.5, 0.6) is 0 Å². The summed E-state index contributed by atoms with van der Waals surface area (Å²) >= 11 is 0. The van der Waals surface area contributed by atoms with Crippen LogP contribution in [-0.2, 0) is 0 Å². The molecule has 0 aromatic rings. The SMILES string of the molecule is C=CC1=CN=CC=C(/C=C\CC)C1. The van der Waals surface area contributed by atoms with Crippen LogP contribution in [0.15, 0.2) is 53.2 Å². The van der Waals surface area contributed by atoms with Crippen molar-refractivity contribution in [1.82, 2.24) is 0 Å². The molecule has 0 unspecified atom stereocenters. The molecule has 0 radical (unpaired) electrons. The number of allylic oxidation sites excluding steroid dienone is 6. The van der Waals surface area contributed by atoms with Crippen LogP contribution >= 0.6 is 0 Å². The lowest BCUT2D eigenvalue weighted by molar-refractivity contribution is 1.17. The minimum Gasteiger partial charge on any atom is -0.264 e. The summed E-state index contributed by atoms with van der Waals surface area (Å²) in [6, 6.07) is 0. The Balaban J connectivity index is 2.73. The van der Waals surface area contributed by atoms with E-state index in [0.717, 1.165) is 12.8 Å². The van der Waals surface area contributed by atoms with Crippen molar-refractivity contribution >= 4 is 6.21 Å². The van der Waals surface area contributed by atoms with E-state index in [1.807, 2.05) is 24.6 Å². The minimum atomic E-state index is 0.931. The van der Waals surface area contributed by atoms with Gasteiger partial charge in [0.2, 0.25) is 0 Å². The first-order valence-electron chi connectivity index (χ1n) is 4.57. The van der Waals surface area contributed by atoms with Crippen molar-refractivity contribution in [3.8, 4) is 0 Å². The minimum absolute atomic E-state index is 0.931. The molecular formula is C12H15N. The second kappa shape index (κ2) is 5.31. The molecule has 0 spiro atoms. The smallest absolute Gasteiger partial charge is 0.0303 e. The van der Waals surface area contributed by atoms with E-state index in [4.69, 9.17) is 0 Å². The summed E-state index contributed by atoms with van der Waals surface area (Å²) in [5.41, 5.74) is 2.45. The van der Waals surface area contributed by atoms with Gasteiger partial charge in [0.05, 0.1) is 0 Å². The van der Waals surface area contributed by atoms with Gasteiger partial charge in [0.15, 0.2) is 0 Å². The van der Waals surface area contributed by atoms with Crippen LogP contribution in [-0.4, -0.2) is 6.21 Å². The molecule has 1 rings (SSSR count). The summed E-state index contributed by atoms with van der Waals surface area (Å²) in [7, 11) is 0. The lowest BCUT2D eigenvalue weighted by Gasteiger charge is -1.99. The van der Waals surface area contributed by atoms with Gasteiger partial charge in [-0.15, -0.1) is 0 Å². The lowest BCUT2D eigenvalue weighted by Crippen LogP contribution is -1.81. The van der Waals surface area contributed by atoms with Gasteiger partial charge < -0.3 is 0 Å². The second-order valence-electron chi connectivity index (χ2n) is 2.94. The number of nitrogens with zero attached hydrogens (tertiary/aromatic N) is 1. The molecule has 0 saturated carbocycles. The van der Waals surface area contributed by atoms with E-state index in [9.17, 15) is 0 Å². The highest BCUT2D eigenvalue weighted by Gasteiger charge is 1.97. The standard InChI is InChI=1S/C12H15N/c1-3-5-6-12-7-8-13-10-11(4-2)9-12/h4-8,10H,2-3,9H2,1H3/b6-5-. The van der Waals surface area contributed by atoms with Crippen molar-refractivity contribution in [1.29, 1.82) is 0 Å². The molecule has 0 fully saturated rings. The van der Waals surface area contributed by atoms with Gasteiger partial charge in [-0.05, 0) is 30.1 Å². The monoisotopic (exact) mass is 173 g/mol. The summed E-state index contributed by atoms with van der Waals surface area (Å²) in [6.07, 6.45) is 13.9. The Hall–Kier alpha value is -1.37. The molecule has 0 saturated heterocycles. The van der Waals surface area contributed by atoms with Gasteiger partial charge in [0.1, 0.15) is 0 Å². The van der Waals surface area contributed by atoms with Crippen molar-refractivity contribution in [3.05, 3.63) is 48.2 Å². The maximum atomic E-state index is 4.11. The van der Waals surface area contributed by atoms with Crippen molar-refractivity contribution in [2.75, 3.05) is 0 Å². The van der Waals surface area contributed by atoms with Gasteiger partial charge in [-0.25, -0.2) is 0 Å². The maximum Gasteiger partial charge on any atom is 0.0303 e. The average Bonchev–Trinajstić information content (AvgIpc) is 2.39. The number of hydrogen-bond donors (Lipinski definition) is 0. The van der Waals surface area contributed by atoms with Crippen molar-refractivity contribution in [2.45, 2.75) is 19.8 Å². The molecule has 13 heavy (non-hydrogen) atoms. The average molecular weight is 173 g/mol. The van der Waals surface area contributed by atoms with Crippen LogP contribution in [0, 0.1) is 0 Å². The Labute approximate surface area is 79.9 Å². The highest BCUT2D eigenvalue weighted by Crippen LogP contribution is 2.15. The molecule has 0 aromatic heterocycles. The van der Waals surface area contributed by atoms with Gasteiger partial charge in [-0.3, -0.25) is 4.99 Å². The first kappa shape index (κ1) is 9.72. The molecule has 1 aliphatic rings. The molecular weight excluding hydrogens is 158 g/mol. The fraction of sp³-hybridized carbons (Fsp3) is 0.250. The lowest BCUT2D eigenvalue weighted by atomic mass is 10.1. The first-order chi connectivity index (χ1) is 6.36. The second-order valence-corrected chi connectivity index (χ2v) is 2.94. The van der Waals surface area contributed by atoms with Gasteiger partial charge >= 0.3 is 0 Å². The van der Waals surface area contributed by atoms with E-state index in [1.54, 1.807) is 0 Å². The van der Waals surface area contributed by atoms with Crippen molar-refractivity contribution < 1.29 is 0 Å². The largest absolute Gasteiger partial charge is 0.264 e. The summed E-state index contributed by atoms with van der Waals surface area (Å²) in [5.74, 6) is 0. The van der Waals surface area contributed by atoms with Gasteiger partial charge in [0.25, 0.3) is 0 Å². The zero-order chi connectivity index (χ0) is 9.52. The molecule has 0 N–H and O–H groups in total. The topological polar surface area (TPSA) is 12.4 Å². The summed E-state index contributed by atoms with van der Waals surface area (Å²) in [5, 5.41) is 0. The highest BCUT2D eigenvalue weighted by molar-refractivity contribution is 5.74. The van der Waals surface area contributed by atoms with E-state index < -0.39 is 0 Å². The molecule has 0 amide bonds. The van der Waals surface area contributed by atoms with Crippen LogP contribution in [0.1, 0.15) is 19.8 Å². The van der Waals surface area contributed by atoms with E-state index >= 15 is 0 Å². The third-order valence-electron chi connectivity index (χ3n) is 1.85. The van der Waals surface area contributed by atoms with Crippen LogP contribution in [0.25, 0.3) is 0 Å². The molecule has 0 bridgehead atoms. The van der Waals surface area contributed by atoms with E-state index in [0.29, 0.717) is 0 Å². The van der Waals surface area contributed by atoms with Gasteiger partial charge in [-0.1, -0.05) is 31.7 Å². The zero-order valence-corrected chi connectivity index (χ0v) is 8.03. The highest BCUT2D eigenvalue weighted by atomic mass is 14.7. The van der Waals surface area contributed by atoms with Gasteiger partial charge in [0, 0.05) is 12.4 Å². The fourth-order valence-corrected chi connectivity index (χ4v) is 1.13. The van der Waals surface area contributed by atoms with E-state index in [1.165, 1.54) is 11.1 Å². The summed E-state index contributed by atoms with van der Waals surface area (Å²) in [4.78, 5) is 4.11. The van der Waals surface area contributed by atoms with Crippen LogP contribution < -0.4 is 0 Å². The normalized spacial score (nSPS) is 16.7. The van der Waals surface area contributed by atoms with Crippen LogP contribution in [0.3, 0.4) is 0 Å². The molecule has 0 atom stereocenters. The predicted octanol–water partition coefficient (Wildman–Crippen LogP) is 3.42. The van der Waals surface area contributed by atoms with E-state index in [-0.39, 0.29) is 0 Å². The first-order valence-corrected chi connectivity index (χ1v) is 4.57. The predicted molar refractivity (Wildman–Crippen MR) is 58.9 cm³/mol. The number of aliphatic imine (C=N–C) groups is 1. The molecule has 1 heteroatoms. The Morgan fingerprint density at radius 1 is 1.54 bits per heavy atom. The third-order valence-corrected chi connectivity index (χ3v) is 1.85. The molecule has 0 aromatic carbocycles. The zero-order valence-electron chi connectivity index (χ0n) is 8.03. The third kappa shape index (κ3) is 3.24. The number of hydrogen-bond acceptors (Lipinski definition) is 1. The Kier molecular flexibility index (Phi) is 3.97. The van der Waals surface area contributed by atoms with Crippen LogP contribution in [0.2, 0.25) is 0 Å². The summed E-state index contributed by atoms with van der Waals surface area (Å²) < 4.78 is 0. The summed E-state index contributed by atoms with van der Waals surface area (Å²) in [6.45, 7) is 5.88. The molecule has 1 heterocycles. The fourth-order valence-electron chi connectivity index (χ4n) is 1.13. The molecule has 1 nitrogen and oxygen atoms in total. The van der Waals surface area contributed by atoms with Crippen LogP contribution in [0.4, 0.5) is 0 Å². The quantitative estimate of drug-likeness (QED) is 0.620. The Morgan fingerprint density at radius 2 is 2.38 bits per heavy atom. The number of rotatable bonds is 3. The molecule has 68 valence electrons. The Bertz CT molecular complexity index is 290. The molecule has 0 aliphatic carbocycles. The van der Waals surface area contributed by atoms with Crippen molar-refractivity contribution in [3.63, 3.8) is 0 Å². The molecule has 1 aliphatic heterocycles. The van der Waals surface area contributed by atoms with Crippen molar-refractivity contribution in [2.24, 2.45) is 4.99 Å². The Morgan fingerprint density at radius 3 is 3.08 bits per heavy atom. The van der Waals surface area contributed by atoms with Gasteiger partial charge in [-0.2, -0.15) is 0 Å². The van der Waals surface area contributed by atoms with E-state index in [2.05, 4.69) is 30.6 Å². The maximum absolute atomic E-state index is 4.11.